The average Bonchev–Trinajstić information content (AvgIpc) is 3.16. The fourth-order valence-electron chi connectivity index (χ4n) is 4.23. The van der Waals surface area contributed by atoms with Gasteiger partial charge >= 0.3 is 12.1 Å². The second kappa shape index (κ2) is 12.2. The van der Waals surface area contributed by atoms with E-state index in [1.807, 2.05) is 31.2 Å². The van der Waals surface area contributed by atoms with Crippen LogP contribution in [0.4, 0.5) is 4.79 Å². The fourth-order valence-corrected chi connectivity index (χ4v) is 4.23. The van der Waals surface area contributed by atoms with Gasteiger partial charge in [-0.25, -0.2) is 4.79 Å². The maximum absolute atomic E-state index is 12.4. The summed E-state index contributed by atoms with van der Waals surface area (Å²) in [5, 5.41) is 14.3. The zero-order valence-electron chi connectivity index (χ0n) is 19.6. The molecule has 182 valence electrons. The van der Waals surface area contributed by atoms with Crippen LogP contribution < -0.4 is 10.6 Å². The summed E-state index contributed by atoms with van der Waals surface area (Å²) in [5.41, 5.74) is 4.64. The minimum Gasteiger partial charge on any atom is -0.481 e. The van der Waals surface area contributed by atoms with Crippen molar-refractivity contribution in [2.45, 2.75) is 38.2 Å². The Morgan fingerprint density at radius 3 is 2.12 bits per heavy atom. The van der Waals surface area contributed by atoms with Gasteiger partial charge in [-0.2, -0.15) is 0 Å². The molecule has 0 saturated heterocycles. The molecule has 0 bridgehead atoms. The van der Waals surface area contributed by atoms with Gasteiger partial charge in [0.15, 0.2) is 0 Å². The van der Waals surface area contributed by atoms with Crippen molar-refractivity contribution in [2.75, 3.05) is 26.8 Å². The Morgan fingerprint density at radius 2 is 1.56 bits per heavy atom. The van der Waals surface area contributed by atoms with Gasteiger partial charge in [-0.05, 0) is 28.2 Å². The Hall–Kier alpha value is -3.39. The number of amides is 2. The van der Waals surface area contributed by atoms with E-state index in [2.05, 4.69) is 34.9 Å². The van der Waals surface area contributed by atoms with Crippen molar-refractivity contribution in [1.82, 2.24) is 10.6 Å². The summed E-state index contributed by atoms with van der Waals surface area (Å²) in [7, 11) is 1.41. The van der Waals surface area contributed by atoms with Crippen molar-refractivity contribution in [3.05, 3.63) is 59.7 Å². The molecule has 3 rings (SSSR count). The zero-order valence-corrected chi connectivity index (χ0v) is 19.6. The third kappa shape index (κ3) is 6.57. The number of carbonyl (C=O) groups is 3. The lowest BCUT2D eigenvalue weighted by atomic mass is 9.98. The second-order valence-electron chi connectivity index (χ2n) is 8.44. The minimum absolute atomic E-state index is 0.00886. The van der Waals surface area contributed by atoms with Gasteiger partial charge in [0, 0.05) is 32.5 Å². The molecule has 2 atom stereocenters. The summed E-state index contributed by atoms with van der Waals surface area (Å²) >= 11 is 0. The van der Waals surface area contributed by atoms with Crippen molar-refractivity contribution in [1.29, 1.82) is 0 Å². The molecule has 0 fully saturated rings. The minimum atomic E-state index is -0.986. The Labute approximate surface area is 199 Å². The van der Waals surface area contributed by atoms with Gasteiger partial charge in [0.1, 0.15) is 6.61 Å². The van der Waals surface area contributed by atoms with Crippen LogP contribution in [-0.2, 0) is 19.1 Å². The Balaban J connectivity index is 1.45. The highest BCUT2D eigenvalue weighted by Gasteiger charge is 2.29. The van der Waals surface area contributed by atoms with Gasteiger partial charge in [-0.15, -0.1) is 0 Å². The zero-order chi connectivity index (χ0) is 24.5. The van der Waals surface area contributed by atoms with Crippen LogP contribution in [0.2, 0.25) is 0 Å². The van der Waals surface area contributed by atoms with E-state index in [9.17, 15) is 14.4 Å². The predicted octanol–water partition coefficient (Wildman–Crippen LogP) is 3.55. The number of methoxy groups -OCH3 is 1. The van der Waals surface area contributed by atoms with E-state index < -0.39 is 18.2 Å². The molecule has 0 spiro atoms. The predicted molar refractivity (Wildman–Crippen MR) is 128 cm³/mol. The number of carbonyl (C=O) groups excluding carboxylic acids is 2. The molecule has 1 aliphatic rings. The number of fused-ring (bicyclic) bond motifs is 3. The molecule has 2 amide bonds. The highest BCUT2D eigenvalue weighted by atomic mass is 16.5. The number of alkyl carbamates (subject to hydrolysis) is 1. The van der Waals surface area contributed by atoms with Gasteiger partial charge in [0.25, 0.3) is 0 Å². The number of rotatable bonds is 12. The topological polar surface area (TPSA) is 114 Å². The second-order valence-corrected chi connectivity index (χ2v) is 8.44. The third-order valence-corrected chi connectivity index (χ3v) is 6.19. The lowest BCUT2D eigenvalue weighted by Crippen LogP contribution is -2.37. The van der Waals surface area contributed by atoms with E-state index >= 15 is 0 Å². The summed E-state index contributed by atoms with van der Waals surface area (Å²) in [5.74, 6) is -1.28. The molecule has 3 N–H and O–H groups in total. The summed E-state index contributed by atoms with van der Waals surface area (Å²) < 4.78 is 10.6. The molecule has 8 nitrogen and oxygen atoms in total. The van der Waals surface area contributed by atoms with Crippen molar-refractivity contribution in [3.63, 3.8) is 0 Å². The highest BCUT2D eigenvalue weighted by molar-refractivity contribution is 5.79. The van der Waals surface area contributed by atoms with Crippen molar-refractivity contribution < 1.29 is 29.0 Å². The van der Waals surface area contributed by atoms with Crippen LogP contribution in [0, 0.1) is 5.92 Å². The number of nitrogens with one attached hydrogen (secondary N) is 2. The molecule has 2 aromatic carbocycles. The molecule has 0 aliphatic heterocycles. The van der Waals surface area contributed by atoms with Crippen molar-refractivity contribution >= 4 is 18.0 Å². The molecule has 2 unspecified atom stereocenters. The molecule has 0 radical (unpaired) electrons. The van der Waals surface area contributed by atoms with Crippen molar-refractivity contribution in [2.24, 2.45) is 5.92 Å². The number of hydrogen-bond acceptors (Lipinski definition) is 5. The monoisotopic (exact) mass is 468 g/mol. The van der Waals surface area contributed by atoms with E-state index in [4.69, 9.17) is 14.6 Å². The lowest BCUT2D eigenvalue weighted by Gasteiger charge is -2.18. The SMILES string of the molecule is CCC(CNC(=O)OCC1c2ccccc2-c2ccccc21)CC(=O)NCC(CC(=O)O)OC. The summed E-state index contributed by atoms with van der Waals surface area (Å²) in [6.07, 6.45) is -0.372. The summed E-state index contributed by atoms with van der Waals surface area (Å²) in [4.78, 5) is 35.4. The van der Waals surface area contributed by atoms with Crippen LogP contribution in [0.15, 0.2) is 48.5 Å². The largest absolute Gasteiger partial charge is 0.481 e. The first-order valence-corrected chi connectivity index (χ1v) is 11.5. The van der Waals surface area contributed by atoms with Gasteiger partial charge < -0.3 is 25.2 Å². The normalized spacial score (nSPS) is 13.9. The van der Waals surface area contributed by atoms with E-state index in [0.717, 1.165) is 11.1 Å². The molecular formula is C26H32N2O6. The molecule has 8 heteroatoms. The van der Waals surface area contributed by atoms with Gasteiger partial charge in [-0.1, -0.05) is 61.9 Å². The Bertz CT molecular complexity index is 963. The molecule has 34 heavy (non-hydrogen) atoms. The molecule has 0 saturated carbocycles. The number of aliphatic carboxylic acids is 1. The number of ether oxygens (including phenoxy) is 2. The third-order valence-electron chi connectivity index (χ3n) is 6.19. The molecule has 2 aromatic rings. The van der Waals surface area contributed by atoms with E-state index in [0.29, 0.717) is 13.0 Å². The Morgan fingerprint density at radius 1 is 0.941 bits per heavy atom. The summed E-state index contributed by atoms with van der Waals surface area (Å²) in [6.45, 7) is 2.61. The highest BCUT2D eigenvalue weighted by Crippen LogP contribution is 2.44. The lowest BCUT2D eigenvalue weighted by molar-refractivity contribution is -0.140. The smallest absolute Gasteiger partial charge is 0.407 e. The van der Waals surface area contributed by atoms with E-state index in [1.165, 1.54) is 18.2 Å². The van der Waals surface area contributed by atoms with E-state index in [-0.39, 0.29) is 43.7 Å². The van der Waals surface area contributed by atoms with E-state index in [1.54, 1.807) is 0 Å². The van der Waals surface area contributed by atoms with Gasteiger partial charge in [0.2, 0.25) is 5.91 Å². The van der Waals surface area contributed by atoms with Crippen LogP contribution in [0.5, 0.6) is 0 Å². The van der Waals surface area contributed by atoms with Crippen LogP contribution in [0.1, 0.15) is 43.2 Å². The number of benzene rings is 2. The summed E-state index contributed by atoms with van der Waals surface area (Å²) in [6, 6.07) is 16.3. The van der Waals surface area contributed by atoms with Gasteiger partial charge in [-0.3, -0.25) is 9.59 Å². The molecule has 0 aromatic heterocycles. The maximum atomic E-state index is 12.4. The fraction of sp³-hybridized carbons (Fsp3) is 0.423. The first-order chi connectivity index (χ1) is 16.4. The Kier molecular flexibility index (Phi) is 9.04. The van der Waals surface area contributed by atoms with Crippen LogP contribution in [-0.4, -0.2) is 56.0 Å². The molecule has 1 aliphatic carbocycles. The number of carboxylic acids is 1. The number of hydrogen-bond donors (Lipinski definition) is 3. The van der Waals surface area contributed by atoms with Crippen LogP contribution in [0.3, 0.4) is 0 Å². The molecular weight excluding hydrogens is 436 g/mol. The first-order valence-electron chi connectivity index (χ1n) is 11.5. The number of carboxylic acid groups (broad SMARTS) is 1. The average molecular weight is 469 g/mol. The standard InChI is InChI=1S/C26H32N2O6/c1-3-17(12-24(29)27-15-18(33-2)13-25(30)31)14-28-26(32)34-16-23-21-10-6-4-8-19(21)20-9-5-7-11-22(20)23/h4-11,17-18,23H,3,12-16H2,1-2H3,(H,27,29)(H,28,32)(H,30,31). The maximum Gasteiger partial charge on any atom is 0.407 e. The van der Waals surface area contributed by atoms with Crippen LogP contribution >= 0.6 is 0 Å². The quantitative estimate of drug-likeness (QED) is 0.439. The van der Waals surface area contributed by atoms with Crippen LogP contribution in [0.25, 0.3) is 11.1 Å². The van der Waals surface area contributed by atoms with Gasteiger partial charge in [0.05, 0.1) is 12.5 Å². The molecule has 0 heterocycles. The first kappa shape index (κ1) is 25.2. The van der Waals surface area contributed by atoms with Crippen molar-refractivity contribution in [3.8, 4) is 11.1 Å².